The van der Waals surface area contributed by atoms with E-state index in [1.165, 1.54) is 25.7 Å². The predicted molar refractivity (Wildman–Crippen MR) is 105 cm³/mol. The van der Waals surface area contributed by atoms with Crippen molar-refractivity contribution < 1.29 is 19.4 Å². The molecule has 5 unspecified atom stereocenters. The first-order valence-corrected chi connectivity index (χ1v) is 11.6. The summed E-state index contributed by atoms with van der Waals surface area (Å²) in [6, 6.07) is 0. The van der Waals surface area contributed by atoms with Gasteiger partial charge >= 0.3 is 12.1 Å². The van der Waals surface area contributed by atoms with Crippen LogP contribution in [0.25, 0.3) is 0 Å². The first-order chi connectivity index (χ1) is 13.4. The number of ether oxygens (including phenoxy) is 1. The molecule has 5 nitrogen and oxygen atoms in total. The van der Waals surface area contributed by atoms with Crippen molar-refractivity contribution in [1.29, 1.82) is 0 Å². The van der Waals surface area contributed by atoms with Crippen molar-refractivity contribution in [3.63, 3.8) is 0 Å². The largest absolute Gasteiger partial charge is 0.481 e. The highest BCUT2D eigenvalue weighted by Crippen LogP contribution is 2.72. The molecule has 0 aromatic carbocycles. The number of likely N-dealkylation sites (tertiary alicyclic amines) is 1. The van der Waals surface area contributed by atoms with Gasteiger partial charge in [-0.3, -0.25) is 4.79 Å². The third-order valence-electron chi connectivity index (χ3n) is 9.32. The van der Waals surface area contributed by atoms with E-state index in [1.54, 1.807) is 0 Å². The van der Waals surface area contributed by atoms with Gasteiger partial charge in [-0.2, -0.15) is 0 Å². The van der Waals surface area contributed by atoms with Gasteiger partial charge in [0.15, 0.2) is 0 Å². The van der Waals surface area contributed by atoms with Crippen LogP contribution in [0.15, 0.2) is 0 Å². The summed E-state index contributed by atoms with van der Waals surface area (Å²) >= 11 is 0. The van der Waals surface area contributed by atoms with Crippen molar-refractivity contribution in [2.45, 2.75) is 83.7 Å². The van der Waals surface area contributed by atoms with E-state index in [2.05, 4.69) is 6.92 Å². The molecule has 0 radical (unpaired) electrons. The Bertz CT molecular complexity index is 645. The molecule has 1 aliphatic heterocycles. The number of rotatable bonds is 3. The molecule has 5 atom stereocenters. The second-order valence-corrected chi connectivity index (χ2v) is 11.0. The number of amides is 1. The lowest BCUT2D eigenvalue weighted by atomic mass is 9.65. The number of nitrogens with zero attached hydrogens (tertiary/aromatic N) is 1. The van der Waals surface area contributed by atoms with Gasteiger partial charge in [0.2, 0.25) is 0 Å². The molecule has 2 spiro atoms. The second kappa shape index (κ2) is 6.63. The SMILES string of the molecule is CC1CC23CC(CC2C3)C1OC(=O)N1CCC2(CCC(CC(=O)O)CC2)CC1. The minimum atomic E-state index is -0.666. The number of carboxylic acid groups (broad SMARTS) is 1. The minimum Gasteiger partial charge on any atom is -0.481 e. The molecule has 2 bridgehead atoms. The summed E-state index contributed by atoms with van der Waals surface area (Å²) in [5.41, 5.74) is 0.979. The molecule has 5 rings (SSSR count). The molecule has 28 heavy (non-hydrogen) atoms. The first-order valence-electron chi connectivity index (χ1n) is 11.6. The van der Waals surface area contributed by atoms with Gasteiger partial charge in [-0.05, 0) is 98.7 Å². The fourth-order valence-corrected chi connectivity index (χ4v) is 7.60. The minimum absolute atomic E-state index is 0.0808. The van der Waals surface area contributed by atoms with E-state index in [0.29, 0.717) is 35.0 Å². The molecule has 1 amide bonds. The first kappa shape index (κ1) is 18.7. The quantitative estimate of drug-likeness (QED) is 0.760. The fraction of sp³-hybridized carbons (Fsp3) is 0.913. The van der Waals surface area contributed by atoms with Crippen LogP contribution < -0.4 is 0 Å². The van der Waals surface area contributed by atoms with E-state index in [4.69, 9.17) is 9.84 Å². The number of hydrogen-bond donors (Lipinski definition) is 1. The van der Waals surface area contributed by atoms with Gasteiger partial charge in [0.05, 0.1) is 0 Å². The zero-order chi connectivity index (χ0) is 19.5. The lowest BCUT2D eigenvalue weighted by Crippen LogP contribution is -2.47. The van der Waals surface area contributed by atoms with E-state index >= 15 is 0 Å². The van der Waals surface area contributed by atoms with Gasteiger partial charge in [0, 0.05) is 19.5 Å². The molecule has 0 aromatic heterocycles. The van der Waals surface area contributed by atoms with Gasteiger partial charge in [-0.1, -0.05) is 6.92 Å². The van der Waals surface area contributed by atoms with Crippen LogP contribution in [0.2, 0.25) is 0 Å². The molecular weight excluding hydrogens is 354 g/mol. The van der Waals surface area contributed by atoms with E-state index in [0.717, 1.165) is 57.5 Å². The average molecular weight is 390 g/mol. The van der Waals surface area contributed by atoms with Crippen molar-refractivity contribution in [2.24, 2.45) is 34.5 Å². The number of piperidine rings is 1. The molecule has 4 saturated carbocycles. The summed E-state index contributed by atoms with van der Waals surface area (Å²) in [4.78, 5) is 25.8. The molecule has 5 heteroatoms. The van der Waals surface area contributed by atoms with Crippen molar-refractivity contribution in [2.75, 3.05) is 13.1 Å². The number of aliphatic carboxylic acids is 1. The zero-order valence-electron chi connectivity index (χ0n) is 17.2. The fourth-order valence-electron chi connectivity index (χ4n) is 7.60. The maximum absolute atomic E-state index is 12.9. The van der Waals surface area contributed by atoms with Gasteiger partial charge in [0.25, 0.3) is 0 Å². The van der Waals surface area contributed by atoms with Crippen LogP contribution in [0, 0.1) is 34.5 Å². The predicted octanol–water partition coefficient (Wildman–Crippen LogP) is 4.69. The van der Waals surface area contributed by atoms with Crippen molar-refractivity contribution >= 4 is 12.1 Å². The maximum Gasteiger partial charge on any atom is 0.410 e. The van der Waals surface area contributed by atoms with Gasteiger partial charge in [0.1, 0.15) is 6.10 Å². The molecule has 1 saturated heterocycles. The summed E-state index contributed by atoms with van der Waals surface area (Å²) in [6.45, 7) is 3.90. The highest BCUT2D eigenvalue weighted by molar-refractivity contribution is 5.68. The van der Waals surface area contributed by atoms with Gasteiger partial charge < -0.3 is 14.7 Å². The molecule has 4 aliphatic carbocycles. The smallest absolute Gasteiger partial charge is 0.410 e. The lowest BCUT2D eigenvalue weighted by Gasteiger charge is -2.46. The monoisotopic (exact) mass is 389 g/mol. The summed E-state index contributed by atoms with van der Waals surface area (Å²) in [5, 5.41) is 9.01. The maximum atomic E-state index is 12.9. The number of carbonyl (C=O) groups is 2. The normalized spacial score (nSPS) is 41.5. The number of carboxylic acids is 1. The molecule has 0 aromatic rings. The van der Waals surface area contributed by atoms with Crippen LogP contribution >= 0.6 is 0 Å². The zero-order valence-corrected chi connectivity index (χ0v) is 17.2. The van der Waals surface area contributed by atoms with Crippen LogP contribution in [0.3, 0.4) is 0 Å². The van der Waals surface area contributed by atoms with Crippen molar-refractivity contribution in [1.82, 2.24) is 4.90 Å². The molecule has 1 N–H and O–H groups in total. The highest BCUT2D eigenvalue weighted by atomic mass is 16.6. The summed E-state index contributed by atoms with van der Waals surface area (Å²) in [7, 11) is 0. The van der Waals surface area contributed by atoms with E-state index in [1.807, 2.05) is 4.90 Å². The summed E-state index contributed by atoms with van der Waals surface area (Å²) < 4.78 is 6.10. The van der Waals surface area contributed by atoms with Crippen LogP contribution in [-0.4, -0.2) is 41.3 Å². The van der Waals surface area contributed by atoms with E-state index < -0.39 is 5.97 Å². The molecule has 1 heterocycles. The summed E-state index contributed by atoms with van der Waals surface area (Å²) in [5.74, 6) is 1.72. The van der Waals surface area contributed by atoms with Crippen LogP contribution in [0.5, 0.6) is 0 Å². The molecule has 5 fully saturated rings. The standard InChI is InChI=1S/C23H35NO4/c1-15-12-23-13-17(11-18(23)14-23)20(15)28-21(27)24-8-6-22(7-9-24)4-2-16(3-5-22)10-19(25)26/h15-18,20H,2-14H2,1H3,(H,25,26). The Morgan fingerprint density at radius 2 is 1.79 bits per heavy atom. The highest BCUT2D eigenvalue weighted by Gasteiger charge is 2.65. The van der Waals surface area contributed by atoms with Gasteiger partial charge in [-0.25, -0.2) is 4.79 Å². The van der Waals surface area contributed by atoms with Gasteiger partial charge in [-0.15, -0.1) is 0 Å². The Morgan fingerprint density at radius 1 is 1.07 bits per heavy atom. The van der Waals surface area contributed by atoms with E-state index in [-0.39, 0.29) is 12.2 Å². The topological polar surface area (TPSA) is 66.8 Å². The molecular formula is C23H35NO4. The van der Waals surface area contributed by atoms with Crippen LogP contribution in [-0.2, 0) is 9.53 Å². The van der Waals surface area contributed by atoms with Crippen LogP contribution in [0.4, 0.5) is 4.79 Å². The molecule has 5 aliphatic rings. The van der Waals surface area contributed by atoms with Crippen LogP contribution in [0.1, 0.15) is 77.6 Å². The third-order valence-corrected chi connectivity index (χ3v) is 9.32. The number of carbonyl (C=O) groups excluding carboxylic acids is 1. The Labute approximate surface area is 168 Å². The Hall–Kier alpha value is -1.26. The second-order valence-electron chi connectivity index (χ2n) is 11.0. The van der Waals surface area contributed by atoms with E-state index in [9.17, 15) is 9.59 Å². The number of hydrogen-bond acceptors (Lipinski definition) is 3. The molecule has 156 valence electrons. The average Bonchev–Trinajstić information content (AvgIpc) is 3.21. The summed E-state index contributed by atoms with van der Waals surface area (Å²) in [6.07, 6.45) is 12.0. The third kappa shape index (κ3) is 3.23. The Kier molecular flexibility index (Phi) is 4.44. The van der Waals surface area contributed by atoms with Crippen molar-refractivity contribution in [3.05, 3.63) is 0 Å². The Morgan fingerprint density at radius 3 is 2.46 bits per heavy atom. The van der Waals surface area contributed by atoms with Crippen molar-refractivity contribution in [3.8, 4) is 0 Å². The lowest BCUT2D eigenvalue weighted by molar-refractivity contribution is -0.138. The Balaban J connectivity index is 1.11. The number of fused-ring (bicyclic) bond motifs is 1.